The molecule has 9 aromatic rings. The van der Waals surface area contributed by atoms with Crippen LogP contribution in [0, 0.1) is 0 Å². The Bertz CT molecular complexity index is 3860. The van der Waals surface area contributed by atoms with Gasteiger partial charge in [-0.25, -0.2) is 0 Å². The molecule has 92 heavy (non-hydrogen) atoms. The van der Waals surface area contributed by atoms with Crippen LogP contribution < -0.4 is 9.64 Å². The van der Waals surface area contributed by atoms with Gasteiger partial charge in [0.1, 0.15) is 5.75 Å². The topological polar surface area (TPSA) is 121 Å². The number of aromatic amines is 3. The largest absolute Gasteiger partial charge is 0.573 e. The van der Waals surface area contributed by atoms with Gasteiger partial charge in [0.05, 0.1) is 0 Å². The number of hydrogen-bond acceptors (Lipinski definition) is 8. The standard InChI is InChI=1S/C28H36N2O.C26H33N3O.C24H25F3N2O2/c1-2-3-7-17-30-18-15-23(16-19-30)26-21-29-27-14-13-24(20-25(26)27)28(31)12-8-11-22-9-5-4-6-10-22;1-5-18(2)29-14-12-19(13-15-29)23-17-27-24-11-10-20(16-22(23)24)26(30)21-8-6-7-9-25(21)28(3)4;1-2-10-29-11-8-16(9-12-29)21-15-28-22-7-6-18(14-20(21)22)23(30)17-4-3-5-19(13-17)31-24(25,26)27/h4-6,9-10,13-14,20-21,23,29H,2-3,7-8,11-12,15-19H2,1H3;6-11,16-19,27H,5,12-15H2,1-4H3;3-7,13-16,28H,2,8-12H2,1H3. The van der Waals surface area contributed by atoms with Gasteiger partial charge in [-0.2, -0.15) is 0 Å². The number of Topliss-reactive ketones (excluding diaryl/α,β-unsaturated/α-hetero) is 1. The number of H-pyrrole nitrogens is 3. The van der Waals surface area contributed by atoms with Gasteiger partial charge in [-0.15, -0.1) is 13.2 Å². The third kappa shape index (κ3) is 17.1. The van der Waals surface area contributed by atoms with E-state index in [-0.39, 0.29) is 22.9 Å². The highest BCUT2D eigenvalue weighted by Crippen LogP contribution is 2.38. The number of hydrogen-bond donors (Lipinski definition) is 3. The van der Waals surface area contributed by atoms with E-state index < -0.39 is 12.1 Å². The normalized spacial score (nSPS) is 16.1. The molecule has 0 radical (unpaired) electrons. The molecule has 0 bridgehead atoms. The quantitative estimate of drug-likeness (QED) is 0.0453. The highest BCUT2D eigenvalue weighted by molar-refractivity contribution is 6.14. The van der Waals surface area contributed by atoms with Gasteiger partial charge in [-0.1, -0.05) is 88.2 Å². The lowest BCUT2D eigenvalue weighted by Gasteiger charge is -2.35. The number of nitrogens with one attached hydrogen (secondary N) is 3. The van der Waals surface area contributed by atoms with Gasteiger partial charge < -0.3 is 39.3 Å². The first kappa shape index (κ1) is 67.1. The molecule has 3 aliphatic heterocycles. The zero-order chi connectivity index (χ0) is 64.7. The average molecular weight is 1250 g/mol. The monoisotopic (exact) mass is 1250 g/mol. The lowest BCUT2D eigenvalue weighted by molar-refractivity contribution is -0.274. The molecule has 3 saturated heterocycles. The highest BCUT2D eigenvalue weighted by atomic mass is 19.4. The molecular weight excluding hydrogens is 1160 g/mol. The Kier molecular flexibility index (Phi) is 23.1. The van der Waals surface area contributed by atoms with Crippen molar-refractivity contribution in [2.45, 2.75) is 148 Å². The van der Waals surface area contributed by atoms with Gasteiger partial charge in [-0.05, 0) is 249 Å². The number of ether oxygens (including phenoxy) is 1. The molecule has 1 atom stereocenters. The lowest BCUT2D eigenvalue weighted by atomic mass is 9.88. The predicted octanol–water partition coefficient (Wildman–Crippen LogP) is 18.1. The molecule has 3 fully saturated rings. The molecule has 3 aliphatic rings. The number of ketones is 3. The minimum absolute atomic E-state index is 0.0833. The lowest BCUT2D eigenvalue weighted by Crippen LogP contribution is -2.39. The number of alkyl halides is 3. The van der Waals surface area contributed by atoms with Crippen LogP contribution in [0.3, 0.4) is 0 Å². The maximum atomic E-state index is 13.3. The number of carbonyl (C=O) groups is 3. The van der Waals surface area contributed by atoms with Crippen molar-refractivity contribution in [3.05, 3.63) is 202 Å². The van der Waals surface area contributed by atoms with Crippen LogP contribution >= 0.6 is 0 Å². The van der Waals surface area contributed by atoms with E-state index in [9.17, 15) is 27.6 Å². The molecule has 14 heteroatoms. The van der Waals surface area contributed by atoms with Crippen LogP contribution in [-0.2, 0) is 6.42 Å². The second-order valence-electron chi connectivity index (χ2n) is 25.9. The first-order valence-corrected chi connectivity index (χ1v) is 33.9. The van der Waals surface area contributed by atoms with E-state index in [0.717, 1.165) is 115 Å². The number of piperidine rings is 3. The fraction of sp³-hybridized carbons (Fsp3) is 0.423. The number of para-hydroxylation sites is 1. The van der Waals surface area contributed by atoms with E-state index in [1.165, 1.54) is 122 Å². The first-order chi connectivity index (χ1) is 44.6. The van der Waals surface area contributed by atoms with Crippen molar-refractivity contribution >= 4 is 55.7 Å². The molecule has 11 nitrogen and oxygen atoms in total. The van der Waals surface area contributed by atoms with Crippen LogP contribution in [-0.4, -0.2) is 126 Å². The Morgan fingerprint density at radius 1 is 0.543 bits per heavy atom. The summed E-state index contributed by atoms with van der Waals surface area (Å²) in [4.78, 5) is 59.0. The van der Waals surface area contributed by atoms with Crippen molar-refractivity contribution in [3.63, 3.8) is 0 Å². The average Bonchev–Trinajstić information content (AvgIpc) is 1.63. The van der Waals surface area contributed by atoms with Gasteiger partial charge in [0.25, 0.3) is 0 Å². The first-order valence-electron chi connectivity index (χ1n) is 33.9. The van der Waals surface area contributed by atoms with Crippen molar-refractivity contribution in [3.8, 4) is 5.75 Å². The molecule has 1 unspecified atom stereocenters. The number of halogens is 3. The number of benzene rings is 6. The number of fused-ring (bicyclic) bond motifs is 3. The van der Waals surface area contributed by atoms with Crippen molar-refractivity contribution in [2.75, 3.05) is 71.4 Å². The molecule has 0 amide bonds. The number of aryl methyl sites for hydroxylation is 1. The van der Waals surface area contributed by atoms with Gasteiger partial charge in [0, 0.05) is 111 Å². The third-order valence-corrected chi connectivity index (χ3v) is 19.5. The number of anilines is 1. The number of rotatable bonds is 22. The number of unbranched alkanes of at least 4 members (excludes halogenated alkanes) is 2. The Hall–Kier alpha value is -7.78. The molecule has 0 aliphatic carbocycles. The molecule has 0 saturated carbocycles. The smallest absolute Gasteiger partial charge is 0.406 e. The van der Waals surface area contributed by atoms with E-state index in [1.54, 1.807) is 6.07 Å². The minimum atomic E-state index is -4.80. The Morgan fingerprint density at radius 2 is 1.04 bits per heavy atom. The summed E-state index contributed by atoms with van der Waals surface area (Å²) < 4.78 is 41.5. The fourth-order valence-electron chi connectivity index (χ4n) is 14.1. The summed E-state index contributed by atoms with van der Waals surface area (Å²) in [6.07, 6.45) is 17.3. The van der Waals surface area contributed by atoms with E-state index in [0.29, 0.717) is 35.8 Å². The molecule has 486 valence electrons. The van der Waals surface area contributed by atoms with E-state index >= 15 is 0 Å². The number of aromatic nitrogens is 3. The summed E-state index contributed by atoms with van der Waals surface area (Å²) in [5, 5.41) is 3.45. The predicted molar refractivity (Wildman–Crippen MR) is 369 cm³/mol. The summed E-state index contributed by atoms with van der Waals surface area (Å²) in [5.74, 6) is 1.18. The second kappa shape index (κ2) is 31.7. The Balaban J connectivity index is 0.000000151. The van der Waals surface area contributed by atoms with E-state index in [4.69, 9.17) is 0 Å². The zero-order valence-electron chi connectivity index (χ0n) is 54.9. The molecule has 3 aromatic heterocycles. The summed E-state index contributed by atoms with van der Waals surface area (Å²) in [5.41, 5.74) is 12.4. The maximum Gasteiger partial charge on any atom is 0.573 e. The third-order valence-electron chi connectivity index (χ3n) is 19.5. The summed E-state index contributed by atoms with van der Waals surface area (Å²) in [6, 6.07) is 41.8. The highest BCUT2D eigenvalue weighted by Gasteiger charge is 2.32. The van der Waals surface area contributed by atoms with Gasteiger partial charge in [0.15, 0.2) is 17.3 Å². The Morgan fingerprint density at radius 3 is 1.58 bits per heavy atom. The van der Waals surface area contributed by atoms with Crippen molar-refractivity contribution in [1.82, 2.24) is 29.7 Å². The molecule has 6 heterocycles. The summed E-state index contributed by atoms with van der Waals surface area (Å²) in [7, 11) is 3.96. The van der Waals surface area contributed by atoms with Crippen molar-refractivity contribution in [1.29, 1.82) is 0 Å². The van der Waals surface area contributed by atoms with E-state index in [1.807, 2.05) is 79.8 Å². The molecule has 12 rings (SSSR count). The van der Waals surface area contributed by atoms with Crippen molar-refractivity contribution < 1.29 is 32.3 Å². The van der Waals surface area contributed by atoms with Crippen LogP contribution in [0.5, 0.6) is 5.75 Å². The van der Waals surface area contributed by atoms with Crippen LogP contribution in [0.25, 0.3) is 32.7 Å². The molecule has 3 N–H and O–H groups in total. The van der Waals surface area contributed by atoms with E-state index in [2.05, 4.69) is 123 Å². The van der Waals surface area contributed by atoms with Crippen LogP contribution in [0.2, 0.25) is 0 Å². The molecule has 6 aromatic carbocycles. The van der Waals surface area contributed by atoms with Crippen LogP contribution in [0.1, 0.15) is 193 Å². The molecule has 0 spiro atoms. The minimum Gasteiger partial charge on any atom is -0.406 e. The number of likely N-dealkylation sites (tertiary alicyclic amines) is 3. The van der Waals surface area contributed by atoms with Crippen molar-refractivity contribution in [2.24, 2.45) is 0 Å². The zero-order valence-corrected chi connectivity index (χ0v) is 54.9. The Labute approximate surface area is 542 Å². The number of carbonyl (C=O) groups excluding carboxylic acids is 3. The van der Waals surface area contributed by atoms with Gasteiger partial charge >= 0.3 is 6.36 Å². The second-order valence-corrected chi connectivity index (χ2v) is 25.9. The summed E-state index contributed by atoms with van der Waals surface area (Å²) >= 11 is 0. The number of nitrogens with zero attached hydrogens (tertiary/aromatic N) is 4. The molecular formula is C78H94F3N7O4. The fourth-order valence-corrected chi connectivity index (χ4v) is 14.1. The van der Waals surface area contributed by atoms with Crippen LogP contribution in [0.15, 0.2) is 152 Å². The van der Waals surface area contributed by atoms with Gasteiger partial charge in [-0.3, -0.25) is 14.4 Å². The summed E-state index contributed by atoms with van der Waals surface area (Å²) in [6.45, 7) is 18.2. The maximum absolute atomic E-state index is 13.3. The van der Waals surface area contributed by atoms with Crippen LogP contribution in [0.4, 0.5) is 18.9 Å². The SMILES string of the molecule is CCC(C)N1CCC(c2c[nH]c3ccc(C(=O)c4ccccc4N(C)C)cc23)CC1.CCCCCN1CCC(c2c[nH]c3ccc(C(=O)CCCc4ccccc4)cc23)CC1.CCCN1CCC(c2c[nH]c3ccc(C(=O)c4cccc(OC(F)(F)F)c4)cc23)CC1. The van der Waals surface area contributed by atoms with Gasteiger partial charge in [0.2, 0.25) is 0 Å².